The molecule has 3 aromatic rings. The Morgan fingerprint density at radius 1 is 1.46 bits per heavy atom. The Morgan fingerprint density at radius 2 is 2.25 bits per heavy atom. The number of aryl methyl sites for hydroxylation is 2. The molecule has 2 aromatic heterocycles. The fourth-order valence-electron chi connectivity index (χ4n) is 2.83. The fraction of sp³-hybridized carbons (Fsp3) is 0.333. The molecule has 0 fully saturated rings. The summed E-state index contributed by atoms with van der Waals surface area (Å²) in [5.41, 5.74) is 8.54. The number of aliphatic hydroxyl groups is 1. The molecule has 0 aliphatic carbocycles. The van der Waals surface area contributed by atoms with Crippen LogP contribution in [0.1, 0.15) is 24.6 Å². The van der Waals surface area contributed by atoms with Gasteiger partial charge in [0.1, 0.15) is 11.6 Å². The number of nitrogens with two attached hydrogens (primary N) is 1. The van der Waals surface area contributed by atoms with E-state index >= 15 is 0 Å². The van der Waals surface area contributed by atoms with Crippen molar-refractivity contribution in [2.75, 3.05) is 6.54 Å². The first kappa shape index (κ1) is 16.2. The predicted octanol–water partition coefficient (Wildman–Crippen LogP) is 1.27. The van der Waals surface area contributed by atoms with Gasteiger partial charge in [0.05, 0.1) is 10.9 Å². The van der Waals surface area contributed by atoms with Crippen molar-refractivity contribution < 1.29 is 5.11 Å². The van der Waals surface area contributed by atoms with Gasteiger partial charge in [-0.1, -0.05) is 11.8 Å². The first-order valence-corrected chi connectivity index (χ1v) is 7.94. The van der Waals surface area contributed by atoms with E-state index in [-0.39, 0.29) is 5.56 Å². The van der Waals surface area contributed by atoms with Crippen LogP contribution in [0.4, 0.5) is 0 Å². The first-order valence-electron chi connectivity index (χ1n) is 7.94. The number of aliphatic hydroxyl groups excluding tert-OH is 1. The second-order valence-electron chi connectivity index (χ2n) is 5.85. The van der Waals surface area contributed by atoms with Crippen molar-refractivity contribution >= 4 is 21.8 Å². The summed E-state index contributed by atoms with van der Waals surface area (Å²) in [6, 6.07) is 5.63. The van der Waals surface area contributed by atoms with Crippen molar-refractivity contribution in [1.29, 1.82) is 0 Å². The number of hydrogen-bond donors (Lipinski definition) is 3. The van der Waals surface area contributed by atoms with Crippen LogP contribution in [0.2, 0.25) is 0 Å². The molecule has 0 saturated heterocycles. The van der Waals surface area contributed by atoms with Crippen LogP contribution in [0.15, 0.2) is 23.0 Å². The fourth-order valence-corrected chi connectivity index (χ4v) is 2.83. The standard InChI is InChI=1S/C18H20N4O2/c1-11(23)4-5-13-6-7-15-14(10-13)17-16(12(2)20-21-17)18(24)22(15)9-3-8-19/h6-7,10-11,23H,3,8-9,19H2,1-2H3,(H,20,21). The summed E-state index contributed by atoms with van der Waals surface area (Å²) < 4.78 is 1.75. The molecule has 6 heteroatoms. The van der Waals surface area contributed by atoms with Crippen LogP contribution in [0.3, 0.4) is 0 Å². The van der Waals surface area contributed by atoms with Gasteiger partial charge in [0.15, 0.2) is 0 Å². The number of H-pyrrole nitrogens is 1. The van der Waals surface area contributed by atoms with Gasteiger partial charge in [-0.2, -0.15) is 5.10 Å². The largest absolute Gasteiger partial charge is 0.381 e. The van der Waals surface area contributed by atoms with E-state index < -0.39 is 6.10 Å². The summed E-state index contributed by atoms with van der Waals surface area (Å²) in [5.74, 6) is 5.67. The molecule has 6 nitrogen and oxygen atoms in total. The Labute approximate surface area is 139 Å². The maximum atomic E-state index is 12.8. The van der Waals surface area contributed by atoms with Crippen LogP contribution in [0, 0.1) is 18.8 Å². The Balaban J connectivity index is 2.33. The summed E-state index contributed by atoms with van der Waals surface area (Å²) in [6.07, 6.45) is 0.0351. The Bertz CT molecular complexity index is 1020. The van der Waals surface area contributed by atoms with Crippen molar-refractivity contribution in [3.63, 3.8) is 0 Å². The molecule has 4 N–H and O–H groups in total. The normalized spacial score (nSPS) is 12.3. The third-order valence-electron chi connectivity index (χ3n) is 3.96. The van der Waals surface area contributed by atoms with Gasteiger partial charge in [0.25, 0.3) is 5.56 Å². The highest BCUT2D eigenvalue weighted by atomic mass is 16.3. The summed E-state index contributed by atoms with van der Waals surface area (Å²) in [7, 11) is 0. The second-order valence-corrected chi connectivity index (χ2v) is 5.85. The molecule has 0 radical (unpaired) electrons. The molecule has 0 aliphatic heterocycles. The zero-order valence-electron chi connectivity index (χ0n) is 13.8. The topological polar surface area (TPSA) is 96.9 Å². The summed E-state index contributed by atoms with van der Waals surface area (Å²) in [4.78, 5) is 12.8. The minimum absolute atomic E-state index is 0.0555. The highest BCUT2D eigenvalue weighted by Gasteiger charge is 2.15. The molecular formula is C18H20N4O2. The van der Waals surface area contributed by atoms with Crippen LogP contribution in [-0.4, -0.2) is 32.5 Å². The van der Waals surface area contributed by atoms with Gasteiger partial charge in [0, 0.05) is 23.2 Å². The average molecular weight is 324 g/mol. The Hall–Kier alpha value is -2.62. The monoisotopic (exact) mass is 324 g/mol. The van der Waals surface area contributed by atoms with Crippen LogP contribution in [0.25, 0.3) is 21.8 Å². The van der Waals surface area contributed by atoms with E-state index in [2.05, 4.69) is 22.0 Å². The molecule has 0 spiro atoms. The van der Waals surface area contributed by atoms with E-state index in [0.717, 1.165) is 28.6 Å². The molecule has 0 bridgehead atoms. The molecule has 0 saturated carbocycles. The summed E-state index contributed by atoms with van der Waals surface area (Å²) in [5, 5.41) is 18.0. The zero-order valence-corrected chi connectivity index (χ0v) is 13.8. The lowest BCUT2D eigenvalue weighted by atomic mass is 10.1. The van der Waals surface area contributed by atoms with Crippen LogP contribution in [0.5, 0.6) is 0 Å². The van der Waals surface area contributed by atoms with Crippen molar-refractivity contribution in [2.24, 2.45) is 5.73 Å². The smallest absolute Gasteiger partial charge is 0.262 e. The van der Waals surface area contributed by atoms with Crippen molar-refractivity contribution in [3.05, 3.63) is 39.8 Å². The van der Waals surface area contributed by atoms with Crippen LogP contribution in [-0.2, 0) is 6.54 Å². The second kappa shape index (κ2) is 6.48. The first-order chi connectivity index (χ1) is 11.5. The number of pyridine rings is 1. The summed E-state index contributed by atoms with van der Waals surface area (Å²) in [6.45, 7) is 4.54. The lowest BCUT2D eigenvalue weighted by Crippen LogP contribution is -2.22. The highest BCUT2D eigenvalue weighted by Crippen LogP contribution is 2.24. The molecule has 1 aromatic carbocycles. The molecular weight excluding hydrogens is 304 g/mol. The van der Waals surface area contributed by atoms with Gasteiger partial charge in [-0.25, -0.2) is 0 Å². The van der Waals surface area contributed by atoms with E-state index in [1.807, 2.05) is 25.1 Å². The van der Waals surface area contributed by atoms with Crippen molar-refractivity contribution in [1.82, 2.24) is 14.8 Å². The molecule has 0 amide bonds. The molecule has 124 valence electrons. The third-order valence-corrected chi connectivity index (χ3v) is 3.96. The van der Waals surface area contributed by atoms with Crippen LogP contribution >= 0.6 is 0 Å². The number of nitrogens with one attached hydrogen (secondary N) is 1. The number of nitrogens with zero attached hydrogens (tertiary/aromatic N) is 2. The molecule has 1 unspecified atom stereocenters. The quantitative estimate of drug-likeness (QED) is 0.632. The lowest BCUT2D eigenvalue weighted by molar-refractivity contribution is 0.253. The third kappa shape index (κ3) is 2.80. The van der Waals surface area contributed by atoms with E-state index in [1.54, 1.807) is 11.5 Å². The van der Waals surface area contributed by atoms with Gasteiger partial charge in [0.2, 0.25) is 0 Å². The number of fused-ring (bicyclic) bond motifs is 3. The van der Waals surface area contributed by atoms with Crippen molar-refractivity contribution in [3.8, 4) is 11.8 Å². The lowest BCUT2D eigenvalue weighted by Gasteiger charge is -2.11. The molecule has 1 atom stereocenters. The molecule has 24 heavy (non-hydrogen) atoms. The highest BCUT2D eigenvalue weighted by molar-refractivity contribution is 6.04. The van der Waals surface area contributed by atoms with E-state index in [9.17, 15) is 9.90 Å². The van der Waals surface area contributed by atoms with Crippen molar-refractivity contribution in [2.45, 2.75) is 32.9 Å². The number of rotatable bonds is 3. The van der Waals surface area contributed by atoms with Gasteiger partial charge in [-0.3, -0.25) is 9.89 Å². The number of hydrogen-bond acceptors (Lipinski definition) is 4. The number of aromatic nitrogens is 3. The van der Waals surface area contributed by atoms with Gasteiger partial charge in [-0.15, -0.1) is 0 Å². The van der Waals surface area contributed by atoms with Crippen LogP contribution < -0.4 is 11.3 Å². The number of benzene rings is 1. The maximum Gasteiger partial charge on any atom is 0.262 e. The molecule has 3 rings (SSSR count). The van der Waals surface area contributed by atoms with E-state index in [0.29, 0.717) is 24.0 Å². The predicted molar refractivity (Wildman–Crippen MR) is 94.8 cm³/mol. The average Bonchev–Trinajstić information content (AvgIpc) is 2.95. The molecule has 2 heterocycles. The van der Waals surface area contributed by atoms with E-state index in [1.165, 1.54) is 0 Å². The number of aromatic amines is 1. The van der Waals surface area contributed by atoms with Gasteiger partial charge < -0.3 is 15.4 Å². The summed E-state index contributed by atoms with van der Waals surface area (Å²) >= 11 is 0. The van der Waals surface area contributed by atoms with Gasteiger partial charge >= 0.3 is 0 Å². The minimum atomic E-state index is -0.688. The van der Waals surface area contributed by atoms with E-state index in [4.69, 9.17) is 5.73 Å². The Morgan fingerprint density at radius 3 is 2.96 bits per heavy atom. The molecule has 0 aliphatic rings. The minimum Gasteiger partial charge on any atom is -0.381 e. The Kier molecular flexibility index (Phi) is 4.38. The zero-order chi connectivity index (χ0) is 17.3. The van der Waals surface area contributed by atoms with Gasteiger partial charge in [-0.05, 0) is 45.0 Å². The maximum absolute atomic E-state index is 12.8. The SMILES string of the molecule is Cc1[nH]nc2c1c(=O)n(CCCN)c1ccc(C#CC(C)O)cc21.